The van der Waals surface area contributed by atoms with E-state index in [0.717, 1.165) is 36.5 Å². The second kappa shape index (κ2) is 6.77. The molecule has 3 rings (SSSR count). The van der Waals surface area contributed by atoms with Crippen LogP contribution in [0.1, 0.15) is 36.9 Å². The molecule has 1 aliphatic heterocycles. The summed E-state index contributed by atoms with van der Waals surface area (Å²) in [4.78, 5) is 4.77. The van der Waals surface area contributed by atoms with Crippen LogP contribution in [-0.4, -0.2) is 28.8 Å². The van der Waals surface area contributed by atoms with Crippen molar-refractivity contribution in [2.24, 2.45) is 4.99 Å². The highest BCUT2D eigenvalue weighted by Gasteiger charge is 2.17. The fourth-order valence-electron chi connectivity index (χ4n) is 2.95. The molecule has 0 bridgehead atoms. The fourth-order valence-corrected chi connectivity index (χ4v) is 2.95. The SMILES string of the molecule is COC1=NC(Cc2cn(-c3ccccc3)nc2C)CCCC1. The molecule has 1 aromatic carbocycles. The van der Waals surface area contributed by atoms with Gasteiger partial charge in [0.1, 0.15) is 0 Å². The number of benzene rings is 1. The Balaban J connectivity index is 1.79. The third-order valence-corrected chi connectivity index (χ3v) is 4.22. The summed E-state index contributed by atoms with van der Waals surface area (Å²) in [5.74, 6) is 0.899. The number of hydrogen-bond acceptors (Lipinski definition) is 3. The Morgan fingerprint density at radius 3 is 2.82 bits per heavy atom. The van der Waals surface area contributed by atoms with Crippen LogP contribution in [0.2, 0.25) is 0 Å². The first kappa shape index (κ1) is 14.8. The smallest absolute Gasteiger partial charge is 0.183 e. The molecular formula is C18H23N3O. The molecule has 1 aromatic heterocycles. The van der Waals surface area contributed by atoms with Gasteiger partial charge in [-0.15, -0.1) is 0 Å². The van der Waals surface area contributed by atoms with Crippen LogP contribution in [0, 0.1) is 6.92 Å². The van der Waals surface area contributed by atoms with Crippen LogP contribution < -0.4 is 0 Å². The Labute approximate surface area is 131 Å². The van der Waals surface area contributed by atoms with Crippen molar-refractivity contribution in [3.63, 3.8) is 0 Å². The molecule has 0 saturated heterocycles. The van der Waals surface area contributed by atoms with Crippen LogP contribution in [0.15, 0.2) is 41.5 Å². The Morgan fingerprint density at radius 2 is 2.05 bits per heavy atom. The average molecular weight is 297 g/mol. The zero-order valence-corrected chi connectivity index (χ0v) is 13.3. The molecule has 0 amide bonds. The van der Waals surface area contributed by atoms with E-state index in [4.69, 9.17) is 9.73 Å². The third-order valence-electron chi connectivity index (χ3n) is 4.22. The zero-order chi connectivity index (χ0) is 15.4. The maximum absolute atomic E-state index is 5.37. The summed E-state index contributed by atoms with van der Waals surface area (Å²) < 4.78 is 7.33. The number of methoxy groups -OCH3 is 1. The highest BCUT2D eigenvalue weighted by molar-refractivity contribution is 5.76. The third kappa shape index (κ3) is 3.38. The van der Waals surface area contributed by atoms with E-state index in [0.29, 0.717) is 6.04 Å². The van der Waals surface area contributed by atoms with Crippen LogP contribution in [0.25, 0.3) is 5.69 Å². The Hall–Kier alpha value is -2.10. The van der Waals surface area contributed by atoms with Crippen LogP contribution in [0.3, 0.4) is 0 Å². The summed E-state index contributed by atoms with van der Waals surface area (Å²) >= 11 is 0. The van der Waals surface area contributed by atoms with E-state index in [9.17, 15) is 0 Å². The molecule has 1 unspecified atom stereocenters. The van der Waals surface area contributed by atoms with E-state index < -0.39 is 0 Å². The zero-order valence-electron chi connectivity index (χ0n) is 13.3. The lowest BCUT2D eigenvalue weighted by Gasteiger charge is -2.10. The Bertz CT molecular complexity index is 646. The summed E-state index contributed by atoms with van der Waals surface area (Å²) in [5, 5.41) is 4.65. The summed E-state index contributed by atoms with van der Waals surface area (Å²) in [5.41, 5.74) is 3.45. The number of aliphatic imine (C=N–C) groups is 1. The van der Waals surface area contributed by atoms with Gasteiger partial charge in [0.25, 0.3) is 0 Å². The molecule has 2 heterocycles. The normalized spacial score (nSPS) is 18.6. The molecule has 1 aliphatic rings. The predicted octanol–water partition coefficient (Wildman–Crippen LogP) is 3.71. The molecule has 0 aliphatic carbocycles. The van der Waals surface area contributed by atoms with Crippen molar-refractivity contribution >= 4 is 5.90 Å². The van der Waals surface area contributed by atoms with Crippen LogP contribution in [-0.2, 0) is 11.2 Å². The molecule has 0 spiro atoms. The monoisotopic (exact) mass is 297 g/mol. The van der Waals surface area contributed by atoms with Crippen molar-refractivity contribution in [2.75, 3.05) is 7.11 Å². The van der Waals surface area contributed by atoms with Crippen molar-refractivity contribution in [3.8, 4) is 5.69 Å². The summed E-state index contributed by atoms with van der Waals surface area (Å²) in [6, 6.07) is 10.5. The molecule has 22 heavy (non-hydrogen) atoms. The molecule has 116 valence electrons. The fraction of sp³-hybridized carbons (Fsp3) is 0.444. The first-order valence-electron chi connectivity index (χ1n) is 7.97. The predicted molar refractivity (Wildman–Crippen MR) is 88.7 cm³/mol. The van der Waals surface area contributed by atoms with Crippen LogP contribution in [0.5, 0.6) is 0 Å². The topological polar surface area (TPSA) is 39.4 Å². The number of hydrogen-bond donors (Lipinski definition) is 0. The van der Waals surface area contributed by atoms with Gasteiger partial charge in [-0.05, 0) is 43.9 Å². The van der Waals surface area contributed by atoms with Gasteiger partial charge in [0.15, 0.2) is 5.90 Å². The van der Waals surface area contributed by atoms with Crippen molar-refractivity contribution in [1.29, 1.82) is 0 Å². The van der Waals surface area contributed by atoms with Gasteiger partial charge in [0, 0.05) is 12.6 Å². The molecule has 2 aromatic rings. The minimum atomic E-state index is 0.310. The molecule has 0 radical (unpaired) electrons. The summed E-state index contributed by atoms with van der Waals surface area (Å²) in [7, 11) is 1.72. The van der Waals surface area contributed by atoms with E-state index in [1.807, 2.05) is 22.9 Å². The number of rotatable bonds is 3. The molecule has 0 N–H and O–H groups in total. The van der Waals surface area contributed by atoms with E-state index in [1.54, 1.807) is 7.11 Å². The maximum atomic E-state index is 5.37. The minimum Gasteiger partial charge on any atom is -0.484 e. The lowest BCUT2D eigenvalue weighted by Crippen LogP contribution is -2.11. The first-order chi connectivity index (χ1) is 10.8. The maximum Gasteiger partial charge on any atom is 0.183 e. The number of aryl methyl sites for hydroxylation is 1. The highest BCUT2D eigenvalue weighted by atomic mass is 16.5. The van der Waals surface area contributed by atoms with Gasteiger partial charge in [-0.2, -0.15) is 5.10 Å². The number of ether oxygens (including phenoxy) is 1. The van der Waals surface area contributed by atoms with Gasteiger partial charge >= 0.3 is 0 Å². The Kier molecular flexibility index (Phi) is 4.56. The highest BCUT2D eigenvalue weighted by Crippen LogP contribution is 2.20. The van der Waals surface area contributed by atoms with Gasteiger partial charge in [-0.25, -0.2) is 4.68 Å². The molecule has 0 fully saturated rings. The lowest BCUT2D eigenvalue weighted by molar-refractivity contribution is 0.386. The van der Waals surface area contributed by atoms with Gasteiger partial charge in [0.2, 0.25) is 0 Å². The summed E-state index contributed by atoms with van der Waals surface area (Å²) in [6.45, 7) is 2.08. The van der Waals surface area contributed by atoms with Crippen LogP contribution in [0.4, 0.5) is 0 Å². The molecule has 4 heteroatoms. The van der Waals surface area contributed by atoms with E-state index in [1.165, 1.54) is 18.4 Å². The quantitative estimate of drug-likeness (QED) is 0.866. The number of para-hydroxylation sites is 1. The number of nitrogens with zero attached hydrogens (tertiary/aromatic N) is 3. The molecular weight excluding hydrogens is 274 g/mol. The van der Waals surface area contributed by atoms with Gasteiger partial charge in [-0.3, -0.25) is 4.99 Å². The van der Waals surface area contributed by atoms with Crippen LogP contribution >= 0.6 is 0 Å². The van der Waals surface area contributed by atoms with E-state index in [-0.39, 0.29) is 0 Å². The second-order valence-electron chi connectivity index (χ2n) is 5.85. The Morgan fingerprint density at radius 1 is 1.23 bits per heavy atom. The standard InChI is InChI=1S/C18H23N3O/c1-14-15(12-16-8-6-7-11-18(19-16)22-2)13-21(20-14)17-9-4-3-5-10-17/h3-5,9-10,13,16H,6-8,11-12H2,1-2H3. The largest absolute Gasteiger partial charge is 0.484 e. The summed E-state index contributed by atoms with van der Waals surface area (Å²) in [6.07, 6.45) is 7.56. The van der Waals surface area contributed by atoms with E-state index in [2.05, 4.69) is 30.4 Å². The number of aromatic nitrogens is 2. The lowest BCUT2D eigenvalue weighted by atomic mass is 10.0. The molecule has 1 atom stereocenters. The van der Waals surface area contributed by atoms with Gasteiger partial charge in [0.05, 0.1) is 24.5 Å². The molecule has 0 saturated carbocycles. The van der Waals surface area contributed by atoms with Crippen molar-refractivity contribution in [3.05, 3.63) is 47.8 Å². The molecule has 4 nitrogen and oxygen atoms in total. The van der Waals surface area contributed by atoms with Gasteiger partial charge < -0.3 is 4.74 Å². The van der Waals surface area contributed by atoms with Crippen molar-refractivity contribution in [1.82, 2.24) is 9.78 Å². The minimum absolute atomic E-state index is 0.310. The van der Waals surface area contributed by atoms with Gasteiger partial charge in [-0.1, -0.05) is 24.6 Å². The average Bonchev–Trinajstić information content (AvgIpc) is 2.77. The van der Waals surface area contributed by atoms with Crippen molar-refractivity contribution in [2.45, 2.75) is 45.1 Å². The van der Waals surface area contributed by atoms with E-state index >= 15 is 0 Å². The second-order valence-corrected chi connectivity index (χ2v) is 5.85. The first-order valence-corrected chi connectivity index (χ1v) is 7.97. The van der Waals surface area contributed by atoms with Crippen molar-refractivity contribution < 1.29 is 4.74 Å².